The number of rotatable bonds is 4. The van der Waals surface area contributed by atoms with Crippen molar-refractivity contribution in [2.75, 3.05) is 11.4 Å². The largest absolute Gasteiger partial charge is 0.352 e. The van der Waals surface area contributed by atoms with Gasteiger partial charge in [-0.2, -0.15) is 5.10 Å². The van der Waals surface area contributed by atoms with Gasteiger partial charge in [0.2, 0.25) is 0 Å². The van der Waals surface area contributed by atoms with E-state index in [9.17, 15) is 0 Å². The fourth-order valence-electron chi connectivity index (χ4n) is 3.66. The quantitative estimate of drug-likeness (QED) is 0.723. The molecule has 134 valence electrons. The lowest BCUT2D eigenvalue weighted by Crippen LogP contribution is -2.43. The van der Waals surface area contributed by atoms with Crippen LogP contribution >= 0.6 is 0 Å². The van der Waals surface area contributed by atoms with Gasteiger partial charge in [-0.1, -0.05) is 30.3 Å². The molecule has 1 fully saturated rings. The van der Waals surface area contributed by atoms with Gasteiger partial charge in [0.25, 0.3) is 0 Å². The van der Waals surface area contributed by atoms with Gasteiger partial charge in [-0.25, -0.2) is 19.6 Å². The number of nitrogens with zero attached hydrogens (tertiary/aromatic N) is 6. The molecular weight excluding hydrogens is 324 g/mol. The number of benzene rings is 1. The van der Waals surface area contributed by atoms with Gasteiger partial charge in [-0.05, 0) is 39.2 Å². The summed E-state index contributed by atoms with van der Waals surface area (Å²) in [4.78, 5) is 16.2. The highest BCUT2D eigenvalue weighted by Gasteiger charge is 2.25. The lowest BCUT2D eigenvalue weighted by Gasteiger charge is -2.36. The monoisotopic (exact) mass is 348 g/mol. The molecule has 1 aliphatic rings. The molecule has 0 bridgehead atoms. The maximum atomic E-state index is 4.86. The van der Waals surface area contributed by atoms with Crippen LogP contribution in [-0.2, 0) is 6.54 Å². The Labute approximate surface area is 153 Å². The second kappa shape index (κ2) is 7.23. The Morgan fingerprint density at radius 1 is 1.04 bits per heavy atom. The Hall–Kier alpha value is -2.76. The predicted octanol–water partition coefficient (Wildman–Crippen LogP) is 3.41. The summed E-state index contributed by atoms with van der Waals surface area (Å²) in [5.41, 5.74) is 1.05. The van der Waals surface area contributed by atoms with E-state index < -0.39 is 0 Å². The maximum absolute atomic E-state index is 4.86. The normalized spacial score (nSPS) is 17.5. The van der Waals surface area contributed by atoms with Crippen molar-refractivity contribution < 1.29 is 0 Å². The molecule has 1 aliphatic heterocycles. The summed E-state index contributed by atoms with van der Waals surface area (Å²) < 4.78 is 2.03. The highest BCUT2D eigenvalue weighted by molar-refractivity contribution is 5.57. The third-order valence-electron chi connectivity index (χ3n) is 4.94. The van der Waals surface area contributed by atoms with Gasteiger partial charge < -0.3 is 4.90 Å². The summed E-state index contributed by atoms with van der Waals surface area (Å²) in [6, 6.07) is 12.5. The van der Waals surface area contributed by atoms with E-state index in [1.807, 2.05) is 61.1 Å². The summed E-state index contributed by atoms with van der Waals surface area (Å²) in [5.74, 6) is 3.58. The Morgan fingerprint density at radius 3 is 2.65 bits per heavy atom. The van der Waals surface area contributed by atoms with Gasteiger partial charge in [-0.15, -0.1) is 0 Å². The average Bonchev–Trinajstić information content (AvgIpc) is 3.00. The summed E-state index contributed by atoms with van der Waals surface area (Å²) in [7, 11) is 0. The van der Waals surface area contributed by atoms with Gasteiger partial charge in [0.15, 0.2) is 5.82 Å². The molecule has 26 heavy (non-hydrogen) atoms. The smallest absolute Gasteiger partial charge is 0.161 e. The number of hydrogen-bond acceptors (Lipinski definition) is 5. The van der Waals surface area contributed by atoms with Crippen molar-refractivity contribution >= 4 is 5.82 Å². The molecule has 1 aromatic carbocycles. The highest BCUT2D eigenvalue weighted by Crippen LogP contribution is 2.26. The third-order valence-corrected chi connectivity index (χ3v) is 4.94. The first-order valence-electron chi connectivity index (χ1n) is 9.24. The van der Waals surface area contributed by atoms with Gasteiger partial charge in [0, 0.05) is 18.3 Å². The number of aryl methyl sites for hydroxylation is 2. The molecule has 6 heteroatoms. The van der Waals surface area contributed by atoms with Crippen molar-refractivity contribution in [3.63, 3.8) is 0 Å². The molecule has 0 amide bonds. The molecule has 0 unspecified atom stereocenters. The lowest BCUT2D eigenvalue weighted by atomic mass is 10.0. The Kier molecular flexibility index (Phi) is 4.65. The van der Waals surface area contributed by atoms with Crippen molar-refractivity contribution in [1.82, 2.24) is 24.7 Å². The second-order valence-corrected chi connectivity index (χ2v) is 6.84. The number of aromatic nitrogens is 5. The minimum atomic E-state index is 0.377. The zero-order chi connectivity index (χ0) is 17.9. The molecule has 0 aliphatic carbocycles. The van der Waals surface area contributed by atoms with Crippen molar-refractivity contribution in [2.24, 2.45) is 0 Å². The fourth-order valence-corrected chi connectivity index (χ4v) is 3.66. The summed E-state index contributed by atoms with van der Waals surface area (Å²) in [6.07, 6.45) is 5.44. The first-order chi connectivity index (χ1) is 12.7. The zero-order valence-corrected chi connectivity index (χ0v) is 15.3. The van der Waals surface area contributed by atoms with Crippen LogP contribution in [0.2, 0.25) is 0 Å². The van der Waals surface area contributed by atoms with Crippen LogP contribution in [0.1, 0.15) is 30.9 Å². The SMILES string of the molecule is Cc1nc(C)n(C[C@@H]2CCCCN2c2ccnc(-c3ccccc3)n2)n1. The number of piperidine rings is 1. The molecule has 0 radical (unpaired) electrons. The minimum Gasteiger partial charge on any atom is -0.352 e. The van der Waals surface area contributed by atoms with E-state index in [-0.39, 0.29) is 0 Å². The second-order valence-electron chi connectivity index (χ2n) is 6.84. The van der Waals surface area contributed by atoms with E-state index in [0.717, 1.165) is 48.4 Å². The molecule has 4 rings (SSSR count). The van der Waals surface area contributed by atoms with Gasteiger partial charge in [0.05, 0.1) is 12.6 Å². The van der Waals surface area contributed by atoms with Crippen LogP contribution in [0, 0.1) is 13.8 Å². The van der Waals surface area contributed by atoms with Crippen LogP contribution in [0.4, 0.5) is 5.82 Å². The highest BCUT2D eigenvalue weighted by atomic mass is 15.4. The summed E-state index contributed by atoms with van der Waals surface area (Å²) in [6.45, 7) is 5.82. The molecule has 2 aromatic heterocycles. The van der Waals surface area contributed by atoms with Crippen molar-refractivity contribution in [3.8, 4) is 11.4 Å². The molecule has 0 spiro atoms. The molecule has 3 heterocycles. The van der Waals surface area contributed by atoms with Crippen molar-refractivity contribution in [3.05, 3.63) is 54.2 Å². The van der Waals surface area contributed by atoms with Gasteiger partial charge in [-0.3, -0.25) is 0 Å². The first-order valence-corrected chi connectivity index (χ1v) is 9.24. The number of hydrogen-bond donors (Lipinski definition) is 0. The first kappa shape index (κ1) is 16.7. The third kappa shape index (κ3) is 3.45. The Balaban J connectivity index is 1.61. The molecular formula is C20H24N6. The van der Waals surface area contributed by atoms with Gasteiger partial charge >= 0.3 is 0 Å². The van der Waals surface area contributed by atoms with Crippen LogP contribution in [0.25, 0.3) is 11.4 Å². The topological polar surface area (TPSA) is 59.7 Å². The average molecular weight is 348 g/mol. The van der Waals surface area contributed by atoms with Gasteiger partial charge in [0.1, 0.15) is 17.5 Å². The van der Waals surface area contributed by atoms with Crippen molar-refractivity contribution in [1.29, 1.82) is 0 Å². The summed E-state index contributed by atoms with van der Waals surface area (Å²) in [5, 5.41) is 4.54. The molecule has 0 N–H and O–H groups in total. The minimum absolute atomic E-state index is 0.377. The molecule has 0 saturated carbocycles. The van der Waals surface area contributed by atoms with E-state index in [4.69, 9.17) is 4.98 Å². The summed E-state index contributed by atoms with van der Waals surface area (Å²) >= 11 is 0. The number of anilines is 1. The lowest BCUT2D eigenvalue weighted by molar-refractivity contribution is 0.392. The van der Waals surface area contributed by atoms with E-state index in [2.05, 4.69) is 20.0 Å². The van der Waals surface area contributed by atoms with E-state index in [0.29, 0.717) is 6.04 Å². The van der Waals surface area contributed by atoms with E-state index in [1.54, 1.807) is 0 Å². The predicted molar refractivity (Wildman–Crippen MR) is 102 cm³/mol. The van der Waals surface area contributed by atoms with Crippen LogP contribution in [-0.4, -0.2) is 37.3 Å². The molecule has 1 saturated heterocycles. The van der Waals surface area contributed by atoms with E-state index >= 15 is 0 Å². The van der Waals surface area contributed by atoms with Crippen LogP contribution in [0.15, 0.2) is 42.6 Å². The van der Waals surface area contributed by atoms with Crippen molar-refractivity contribution in [2.45, 2.75) is 45.7 Å². The van der Waals surface area contributed by atoms with Crippen LogP contribution in [0.5, 0.6) is 0 Å². The van der Waals surface area contributed by atoms with Crippen LogP contribution < -0.4 is 4.90 Å². The fraction of sp³-hybridized carbons (Fsp3) is 0.400. The van der Waals surface area contributed by atoms with Crippen LogP contribution in [0.3, 0.4) is 0 Å². The maximum Gasteiger partial charge on any atom is 0.161 e. The Bertz CT molecular complexity index is 873. The molecule has 6 nitrogen and oxygen atoms in total. The van der Waals surface area contributed by atoms with E-state index in [1.165, 1.54) is 12.8 Å². The molecule has 3 aromatic rings. The standard InChI is InChI=1S/C20H24N6/c1-15-22-16(2)26(24-15)14-18-10-6-7-13-25(18)19-11-12-21-20(23-19)17-8-4-3-5-9-17/h3-5,8-9,11-12,18H,6-7,10,13-14H2,1-2H3/t18-/m0/s1. The zero-order valence-electron chi connectivity index (χ0n) is 15.3. The Morgan fingerprint density at radius 2 is 1.88 bits per heavy atom. The molecule has 1 atom stereocenters.